The molecule has 1 saturated carbocycles. The molecule has 256 valence electrons. The third-order valence-corrected chi connectivity index (χ3v) is 10.2. The molecule has 0 amide bonds. The number of carbonyl (C=O) groups excluding carboxylic acids is 2. The number of aliphatic hydroxyl groups excluding tert-OH is 1. The number of phenolic OH excluding ortho intramolecular Hbond substituents is 1. The first-order valence-corrected chi connectivity index (χ1v) is 16.6. The number of carbonyl (C=O) groups is 2. The van der Waals surface area contributed by atoms with Crippen molar-refractivity contribution in [2.45, 2.75) is 51.5 Å². The van der Waals surface area contributed by atoms with E-state index in [0.29, 0.717) is 34.5 Å². The number of aliphatic hydroxyl groups is 2. The molecule has 1 heterocycles. The van der Waals surface area contributed by atoms with Crippen LogP contribution in [0.4, 0.5) is 0 Å². The number of methoxy groups -OCH3 is 1. The van der Waals surface area contributed by atoms with Gasteiger partial charge in [-0.1, -0.05) is 56.3 Å². The Balaban J connectivity index is 1.32. The SMILES string of the molecule is COc1c2c(c(O)c3cc(CNCC(C)C)ccc13)C(O)=C1C(=O)[C@]3(O)C(=O)c4c(OCc5ccccc5)noc4[C@@H](N(C)C)[C@@H]3C[C@@H]1C2. The van der Waals surface area contributed by atoms with Crippen molar-refractivity contribution in [2.24, 2.45) is 17.8 Å². The van der Waals surface area contributed by atoms with Gasteiger partial charge in [-0.25, -0.2) is 0 Å². The number of nitrogens with one attached hydrogen (secondary N) is 1. The van der Waals surface area contributed by atoms with E-state index in [1.807, 2.05) is 48.5 Å². The molecule has 3 aliphatic rings. The minimum absolute atomic E-state index is 0.0725. The largest absolute Gasteiger partial charge is 0.507 e. The van der Waals surface area contributed by atoms with Gasteiger partial charge in [0.05, 0.1) is 18.7 Å². The maximum atomic E-state index is 14.6. The van der Waals surface area contributed by atoms with Gasteiger partial charge in [0.1, 0.15) is 29.4 Å². The number of Topliss-reactive ketones (excluding diaryl/α,β-unsaturated/α-hetero) is 2. The van der Waals surface area contributed by atoms with Gasteiger partial charge >= 0.3 is 0 Å². The number of hydrogen-bond donors (Lipinski definition) is 4. The topological polar surface area (TPSA) is 155 Å². The van der Waals surface area contributed by atoms with E-state index in [0.717, 1.165) is 17.7 Å². The zero-order chi connectivity index (χ0) is 34.8. The lowest BCUT2D eigenvalue weighted by Gasteiger charge is -2.49. The fourth-order valence-electron chi connectivity index (χ4n) is 7.98. The van der Waals surface area contributed by atoms with Crippen LogP contribution in [-0.2, 0) is 24.4 Å². The Morgan fingerprint density at radius 1 is 1.04 bits per heavy atom. The molecule has 0 bridgehead atoms. The number of nitrogens with zero attached hydrogens (tertiary/aromatic N) is 2. The molecule has 1 fully saturated rings. The predicted octanol–water partition coefficient (Wildman–Crippen LogP) is 5.13. The summed E-state index contributed by atoms with van der Waals surface area (Å²) >= 11 is 0. The monoisotopic (exact) mass is 667 g/mol. The van der Waals surface area contributed by atoms with E-state index in [4.69, 9.17) is 14.0 Å². The van der Waals surface area contributed by atoms with E-state index in [9.17, 15) is 24.9 Å². The summed E-state index contributed by atoms with van der Waals surface area (Å²) in [5.41, 5.74) is -0.333. The second-order valence-corrected chi connectivity index (χ2v) is 14.0. The second-order valence-electron chi connectivity index (χ2n) is 14.0. The third-order valence-electron chi connectivity index (χ3n) is 10.2. The minimum atomic E-state index is -2.54. The van der Waals surface area contributed by atoms with Gasteiger partial charge in [0.2, 0.25) is 11.6 Å². The van der Waals surface area contributed by atoms with Gasteiger partial charge in [-0.05, 0) is 67.7 Å². The highest BCUT2D eigenvalue weighted by Crippen LogP contribution is 2.57. The number of ketones is 2. The Hall–Kier alpha value is -4.71. The van der Waals surface area contributed by atoms with Crippen LogP contribution >= 0.6 is 0 Å². The molecule has 49 heavy (non-hydrogen) atoms. The normalized spacial score (nSPS) is 23.1. The first kappa shape index (κ1) is 32.8. The quantitative estimate of drug-likeness (QED) is 0.176. The average Bonchev–Trinajstić information content (AvgIpc) is 3.49. The second kappa shape index (κ2) is 12.3. The maximum Gasteiger partial charge on any atom is 0.265 e. The van der Waals surface area contributed by atoms with Crippen molar-refractivity contribution < 1.29 is 38.9 Å². The van der Waals surface area contributed by atoms with Crippen molar-refractivity contribution >= 4 is 28.1 Å². The molecule has 0 unspecified atom stereocenters. The van der Waals surface area contributed by atoms with E-state index in [1.165, 1.54) is 7.11 Å². The number of phenols is 1. The predicted molar refractivity (Wildman–Crippen MR) is 182 cm³/mol. The highest BCUT2D eigenvalue weighted by molar-refractivity contribution is 6.26. The highest BCUT2D eigenvalue weighted by Gasteiger charge is 2.65. The number of rotatable bonds is 9. The van der Waals surface area contributed by atoms with Crippen molar-refractivity contribution in [3.63, 3.8) is 0 Å². The number of aromatic hydroxyl groups is 1. The highest BCUT2D eigenvalue weighted by atomic mass is 16.5. The molecule has 7 rings (SSSR count). The van der Waals surface area contributed by atoms with E-state index in [-0.39, 0.29) is 53.5 Å². The van der Waals surface area contributed by atoms with Crippen LogP contribution in [0.25, 0.3) is 16.5 Å². The first-order chi connectivity index (χ1) is 23.5. The van der Waals surface area contributed by atoms with Crippen LogP contribution in [0, 0.1) is 17.8 Å². The lowest BCUT2D eigenvalue weighted by atomic mass is 9.57. The fourth-order valence-corrected chi connectivity index (χ4v) is 7.98. The molecule has 4 aromatic rings. The van der Waals surface area contributed by atoms with Gasteiger partial charge in [0, 0.05) is 34.4 Å². The van der Waals surface area contributed by atoms with E-state index >= 15 is 0 Å². The lowest BCUT2D eigenvalue weighted by Crippen LogP contribution is -2.63. The Bertz CT molecular complexity index is 2000. The summed E-state index contributed by atoms with van der Waals surface area (Å²) in [6, 6.07) is 14.3. The van der Waals surface area contributed by atoms with E-state index in [2.05, 4.69) is 24.3 Å². The minimum Gasteiger partial charge on any atom is -0.507 e. The Morgan fingerprint density at radius 3 is 2.49 bits per heavy atom. The summed E-state index contributed by atoms with van der Waals surface area (Å²) in [4.78, 5) is 30.7. The molecular formula is C38H41N3O8. The van der Waals surface area contributed by atoms with Crippen LogP contribution in [0.3, 0.4) is 0 Å². The number of fused-ring (bicyclic) bond motifs is 5. The van der Waals surface area contributed by atoms with Gasteiger partial charge in [-0.3, -0.25) is 14.5 Å². The standard InChI is InChI=1S/C38H41N3O8/c1-19(2)16-39-17-21-11-12-23-24(13-21)31(42)28-25(33(23)47-5)14-22-15-26-30(41(3)4)34-29(36(45)38(26,46)35(44)27(22)32(28)43)37(40-49-34)48-18-20-9-7-6-8-10-20/h6-13,19,22,26,30,39,42-43,46H,14-18H2,1-5H3/t22-,26-,30-,38-/m0/s1. The average molecular weight is 668 g/mol. The van der Waals surface area contributed by atoms with Crippen LogP contribution in [0.5, 0.6) is 17.4 Å². The Labute approximate surface area is 284 Å². The molecule has 0 spiro atoms. The summed E-state index contributed by atoms with van der Waals surface area (Å²) in [6.07, 6.45) is 0.402. The van der Waals surface area contributed by atoms with Gasteiger partial charge in [-0.15, -0.1) is 0 Å². The smallest absolute Gasteiger partial charge is 0.265 e. The molecule has 3 aliphatic carbocycles. The molecular weight excluding hydrogens is 626 g/mol. The van der Waals surface area contributed by atoms with Gasteiger partial charge < -0.3 is 34.6 Å². The number of ether oxygens (including phenoxy) is 2. The van der Waals surface area contributed by atoms with Crippen molar-refractivity contribution in [1.82, 2.24) is 15.4 Å². The molecule has 11 heteroatoms. The fraction of sp³-hybridized carbons (Fsp3) is 0.395. The molecule has 0 aliphatic heterocycles. The van der Waals surface area contributed by atoms with Crippen molar-refractivity contribution in [2.75, 3.05) is 27.7 Å². The molecule has 4 atom stereocenters. The van der Waals surface area contributed by atoms with E-state index in [1.54, 1.807) is 19.0 Å². The van der Waals surface area contributed by atoms with Crippen LogP contribution < -0.4 is 14.8 Å². The van der Waals surface area contributed by atoms with Crippen LogP contribution in [0.15, 0.2) is 58.6 Å². The van der Waals surface area contributed by atoms with Gasteiger partial charge in [0.15, 0.2) is 11.4 Å². The van der Waals surface area contributed by atoms with Crippen LogP contribution in [-0.4, -0.2) is 70.3 Å². The summed E-state index contributed by atoms with van der Waals surface area (Å²) in [6.45, 7) is 5.73. The Kier molecular flexibility index (Phi) is 8.25. The van der Waals surface area contributed by atoms with Gasteiger partial charge in [-0.2, -0.15) is 0 Å². The van der Waals surface area contributed by atoms with E-state index < -0.39 is 40.8 Å². The summed E-state index contributed by atoms with van der Waals surface area (Å²) < 4.78 is 17.5. The van der Waals surface area contributed by atoms with Crippen molar-refractivity contribution in [3.05, 3.63) is 87.7 Å². The summed E-state index contributed by atoms with van der Waals surface area (Å²) in [5.74, 6) is -2.89. The summed E-state index contributed by atoms with van der Waals surface area (Å²) in [7, 11) is 5.10. The zero-order valence-electron chi connectivity index (χ0n) is 28.2. The molecule has 3 aromatic carbocycles. The molecule has 4 N–H and O–H groups in total. The number of aromatic nitrogens is 1. The third kappa shape index (κ3) is 5.10. The molecule has 11 nitrogen and oxygen atoms in total. The van der Waals surface area contributed by atoms with Crippen molar-refractivity contribution in [1.29, 1.82) is 0 Å². The molecule has 1 aromatic heterocycles. The number of benzene rings is 3. The first-order valence-electron chi connectivity index (χ1n) is 16.6. The van der Waals surface area contributed by atoms with Crippen LogP contribution in [0.2, 0.25) is 0 Å². The number of hydrogen-bond acceptors (Lipinski definition) is 11. The Morgan fingerprint density at radius 2 is 1.80 bits per heavy atom. The zero-order valence-corrected chi connectivity index (χ0v) is 28.2. The lowest BCUT2D eigenvalue weighted by molar-refractivity contribution is -0.142. The van der Waals surface area contributed by atoms with Gasteiger partial charge in [0.25, 0.3) is 5.88 Å². The molecule has 0 radical (unpaired) electrons. The molecule has 0 saturated heterocycles. The van der Waals surface area contributed by atoms with Crippen LogP contribution in [0.1, 0.15) is 64.7 Å². The summed E-state index contributed by atoms with van der Waals surface area (Å²) in [5, 5.41) is 44.5. The van der Waals surface area contributed by atoms with Crippen molar-refractivity contribution in [3.8, 4) is 17.4 Å². The maximum absolute atomic E-state index is 14.6.